The number of ether oxygens (including phenoxy) is 1. The van der Waals surface area contributed by atoms with Gasteiger partial charge in [0.1, 0.15) is 6.61 Å². The Morgan fingerprint density at radius 1 is 1.82 bits per heavy atom. The monoisotopic (exact) mass is 159 g/mol. The second kappa shape index (κ2) is 11.3. The molecule has 0 fully saturated rings. The molecule has 0 aliphatic rings. The maximum Gasteiger partial charge on any atom is 0.330 e. The average Bonchev–Trinajstić information content (AvgIpc) is 2.02. The summed E-state index contributed by atoms with van der Waals surface area (Å²) in [7, 11) is 0. The van der Waals surface area contributed by atoms with Gasteiger partial charge in [-0.2, -0.15) is 5.26 Å². The van der Waals surface area contributed by atoms with Crippen LogP contribution in [0.25, 0.3) is 0 Å². The first kappa shape index (κ1) is 12.2. The topological polar surface area (TPSA) is 90.5 Å². The molecule has 11 heavy (non-hydrogen) atoms. The molecule has 0 aromatic carbocycles. The smallest absolute Gasteiger partial charge is 0.330 e. The molecule has 0 aliphatic heterocycles. The van der Waals surface area contributed by atoms with E-state index in [0.717, 1.165) is 12.3 Å². The van der Waals surface area contributed by atoms with E-state index in [2.05, 4.69) is 11.3 Å². The summed E-state index contributed by atoms with van der Waals surface area (Å²) < 4.78 is 4.33. The molecular weight excluding hydrogens is 150 g/mol. The van der Waals surface area contributed by atoms with Crippen molar-refractivity contribution in [3.63, 3.8) is 0 Å². The molecule has 0 radical (unpaired) electrons. The van der Waals surface area contributed by atoms with Crippen molar-refractivity contribution in [3.8, 4) is 6.26 Å². The number of hydrogen-bond donors (Lipinski definition) is 2. The third kappa shape index (κ3) is 17.7. The number of aliphatic hydroxyl groups excluding tert-OH is 2. The molecule has 0 saturated carbocycles. The van der Waals surface area contributed by atoms with E-state index in [1.54, 1.807) is 0 Å². The molecular formula is C6H9NO4. The second-order valence-corrected chi connectivity index (χ2v) is 1.20. The van der Waals surface area contributed by atoms with E-state index in [4.69, 9.17) is 15.5 Å². The van der Waals surface area contributed by atoms with E-state index >= 15 is 0 Å². The molecule has 62 valence electrons. The number of esters is 1. The van der Waals surface area contributed by atoms with E-state index in [9.17, 15) is 4.79 Å². The summed E-state index contributed by atoms with van der Waals surface area (Å²) in [6.07, 6.45) is 1.80. The Balaban J connectivity index is 0. The quantitative estimate of drug-likeness (QED) is 0.330. The molecule has 0 amide bonds. The van der Waals surface area contributed by atoms with Gasteiger partial charge >= 0.3 is 5.97 Å². The van der Waals surface area contributed by atoms with Gasteiger partial charge in [0.2, 0.25) is 0 Å². The molecule has 0 aromatic heterocycles. The normalized spacial score (nSPS) is 6.55. The van der Waals surface area contributed by atoms with Crippen LogP contribution >= 0.6 is 0 Å². The summed E-state index contributed by atoms with van der Waals surface area (Å²) in [5.41, 5.74) is 0. The van der Waals surface area contributed by atoms with Crippen LogP contribution in [0.3, 0.4) is 0 Å². The molecule has 0 saturated heterocycles. The molecule has 0 bridgehead atoms. The predicted octanol–water partition coefficient (Wildman–Crippen LogP) is -0.452. The van der Waals surface area contributed by atoms with Crippen molar-refractivity contribution in [2.24, 2.45) is 0 Å². The molecule has 5 nitrogen and oxygen atoms in total. The van der Waals surface area contributed by atoms with Crippen LogP contribution in [0.15, 0.2) is 12.7 Å². The van der Waals surface area contributed by atoms with Crippen LogP contribution in [-0.4, -0.2) is 29.4 Å². The van der Waals surface area contributed by atoms with Gasteiger partial charge in [0, 0.05) is 6.08 Å². The van der Waals surface area contributed by atoms with Gasteiger partial charge in [0.25, 0.3) is 6.26 Å². The molecule has 0 aliphatic carbocycles. The molecule has 0 rings (SSSR count). The van der Waals surface area contributed by atoms with Gasteiger partial charge in [0.15, 0.2) is 0 Å². The van der Waals surface area contributed by atoms with Gasteiger partial charge < -0.3 is 14.9 Å². The fraction of sp³-hybridized carbons (Fsp3) is 0.333. The highest BCUT2D eigenvalue weighted by atomic mass is 16.5. The number of carbonyl (C=O) groups excluding carboxylic acids is 1. The predicted molar refractivity (Wildman–Crippen MR) is 35.8 cm³/mol. The van der Waals surface area contributed by atoms with E-state index < -0.39 is 5.97 Å². The Labute approximate surface area is 64.1 Å². The van der Waals surface area contributed by atoms with E-state index in [0.29, 0.717) is 0 Å². The summed E-state index contributed by atoms with van der Waals surface area (Å²) in [5.74, 6) is -0.501. The molecule has 2 N–H and O–H groups in total. The Bertz CT molecular complexity index is 149. The van der Waals surface area contributed by atoms with Crippen LogP contribution in [0.2, 0.25) is 0 Å². The van der Waals surface area contributed by atoms with Crippen molar-refractivity contribution in [1.29, 1.82) is 5.26 Å². The Morgan fingerprint density at radius 3 is 2.55 bits per heavy atom. The maximum absolute atomic E-state index is 10.1. The lowest BCUT2D eigenvalue weighted by atomic mass is 10.6. The fourth-order valence-electron chi connectivity index (χ4n) is 0.205. The van der Waals surface area contributed by atoms with Gasteiger partial charge in [-0.25, -0.2) is 4.79 Å². The zero-order valence-electron chi connectivity index (χ0n) is 5.86. The van der Waals surface area contributed by atoms with Crippen LogP contribution in [0.1, 0.15) is 0 Å². The van der Waals surface area contributed by atoms with Crippen LogP contribution in [0, 0.1) is 11.5 Å². The molecule has 0 aromatic rings. The highest BCUT2D eigenvalue weighted by molar-refractivity contribution is 5.81. The Hall–Kier alpha value is -1.54. The number of nitrogens with zero attached hydrogens (tertiary/aromatic N) is 1. The summed E-state index contributed by atoms with van der Waals surface area (Å²) in [6, 6.07) is 0. The summed E-state index contributed by atoms with van der Waals surface area (Å²) in [6.45, 7) is 3.06. The SMILES string of the molecule is C=CC(=O)OCCO.N#CO. The van der Waals surface area contributed by atoms with Crippen molar-refractivity contribution in [2.75, 3.05) is 13.2 Å². The van der Waals surface area contributed by atoms with E-state index in [1.807, 2.05) is 0 Å². The molecule has 5 heteroatoms. The van der Waals surface area contributed by atoms with Crippen molar-refractivity contribution in [2.45, 2.75) is 0 Å². The molecule has 0 spiro atoms. The highest BCUT2D eigenvalue weighted by Gasteiger charge is 1.90. The van der Waals surface area contributed by atoms with Crippen molar-refractivity contribution in [3.05, 3.63) is 12.7 Å². The maximum atomic E-state index is 10.1. The van der Waals surface area contributed by atoms with Crippen molar-refractivity contribution in [1.82, 2.24) is 0 Å². The third-order valence-corrected chi connectivity index (χ3v) is 0.502. The summed E-state index contributed by atoms with van der Waals surface area (Å²) in [5, 5.41) is 21.8. The van der Waals surface area contributed by atoms with E-state index in [1.165, 1.54) is 0 Å². The van der Waals surface area contributed by atoms with Crippen LogP contribution in [-0.2, 0) is 9.53 Å². The van der Waals surface area contributed by atoms with Gasteiger partial charge in [0.05, 0.1) is 6.61 Å². The van der Waals surface area contributed by atoms with Crippen LogP contribution in [0.5, 0.6) is 0 Å². The number of hydrogen-bond acceptors (Lipinski definition) is 5. The molecule has 0 unspecified atom stereocenters. The van der Waals surface area contributed by atoms with Gasteiger partial charge in [-0.05, 0) is 0 Å². The average molecular weight is 159 g/mol. The number of carbonyl (C=O) groups is 1. The highest BCUT2D eigenvalue weighted by Crippen LogP contribution is 1.75. The van der Waals surface area contributed by atoms with Crippen LogP contribution < -0.4 is 0 Å². The largest absolute Gasteiger partial charge is 0.460 e. The lowest BCUT2D eigenvalue weighted by Gasteiger charge is -1.94. The Morgan fingerprint density at radius 2 is 2.27 bits per heavy atom. The fourth-order valence-corrected chi connectivity index (χ4v) is 0.205. The van der Waals surface area contributed by atoms with Gasteiger partial charge in [-0.3, -0.25) is 0 Å². The first-order valence-corrected chi connectivity index (χ1v) is 2.66. The second-order valence-electron chi connectivity index (χ2n) is 1.20. The minimum Gasteiger partial charge on any atom is -0.460 e. The molecule has 0 heterocycles. The third-order valence-electron chi connectivity index (χ3n) is 0.502. The lowest BCUT2D eigenvalue weighted by Crippen LogP contribution is -2.04. The number of nitriles is 1. The van der Waals surface area contributed by atoms with Crippen molar-refractivity contribution >= 4 is 5.97 Å². The number of rotatable bonds is 3. The van der Waals surface area contributed by atoms with Gasteiger partial charge in [-0.15, -0.1) is 0 Å². The first-order valence-electron chi connectivity index (χ1n) is 2.66. The zero-order valence-corrected chi connectivity index (χ0v) is 5.86. The molecule has 0 atom stereocenters. The standard InChI is InChI=1S/C5H8O3.CHNO/c1-2-5(7)8-4-3-6;2-1-3/h2,6H,1,3-4H2;3H. The van der Waals surface area contributed by atoms with Crippen molar-refractivity contribution < 1.29 is 19.7 Å². The van der Waals surface area contributed by atoms with E-state index in [-0.39, 0.29) is 13.2 Å². The Kier molecular flexibility index (Phi) is 12.5. The minimum atomic E-state index is -0.501. The number of aliphatic hydroxyl groups is 2. The summed E-state index contributed by atoms with van der Waals surface area (Å²) >= 11 is 0. The zero-order chi connectivity index (χ0) is 9.11. The first-order chi connectivity index (χ1) is 5.22. The minimum absolute atomic E-state index is 0.0465. The lowest BCUT2D eigenvalue weighted by molar-refractivity contribution is -0.138. The van der Waals surface area contributed by atoms with Crippen LogP contribution in [0.4, 0.5) is 0 Å². The van der Waals surface area contributed by atoms with Gasteiger partial charge in [-0.1, -0.05) is 6.58 Å². The summed E-state index contributed by atoms with van der Waals surface area (Å²) in [4.78, 5) is 10.1.